The number of hydrogen-bond donors (Lipinski definition) is 0. The van der Waals surface area contributed by atoms with Gasteiger partial charge in [0.05, 0.1) is 12.8 Å². The van der Waals surface area contributed by atoms with Crippen LogP contribution in [0.3, 0.4) is 0 Å². The van der Waals surface area contributed by atoms with E-state index in [4.69, 9.17) is 19.2 Å². The first-order chi connectivity index (χ1) is 13.6. The molecule has 1 saturated heterocycles. The molecule has 2 aromatic rings. The molecule has 4 heterocycles. The Hall–Kier alpha value is -2.34. The first kappa shape index (κ1) is 19.0. The Kier molecular flexibility index (Phi) is 5.67. The van der Waals surface area contributed by atoms with Crippen LogP contribution >= 0.6 is 0 Å². The highest BCUT2D eigenvalue weighted by atomic mass is 16.6. The first-order valence-electron chi connectivity index (χ1n) is 10.1. The van der Waals surface area contributed by atoms with E-state index in [9.17, 15) is 0 Å². The van der Waals surface area contributed by atoms with E-state index in [1.165, 1.54) is 18.4 Å². The molecule has 2 aromatic heterocycles. The van der Waals surface area contributed by atoms with Crippen LogP contribution in [0.5, 0.6) is 17.5 Å². The van der Waals surface area contributed by atoms with E-state index >= 15 is 0 Å². The summed E-state index contributed by atoms with van der Waals surface area (Å²) >= 11 is 0. The van der Waals surface area contributed by atoms with E-state index in [1.54, 1.807) is 7.11 Å². The zero-order chi connectivity index (χ0) is 19.5. The van der Waals surface area contributed by atoms with Crippen LogP contribution in [0.2, 0.25) is 0 Å². The molecule has 2 aliphatic rings. The van der Waals surface area contributed by atoms with Crippen LogP contribution < -0.4 is 14.2 Å². The molecule has 0 aliphatic carbocycles. The quantitative estimate of drug-likeness (QED) is 0.787. The molecule has 0 amide bonds. The fourth-order valence-electron chi connectivity index (χ4n) is 4.24. The summed E-state index contributed by atoms with van der Waals surface area (Å²) < 4.78 is 16.6. The zero-order valence-electron chi connectivity index (χ0n) is 17.0. The molecule has 6 nitrogen and oxygen atoms in total. The van der Waals surface area contributed by atoms with Crippen molar-refractivity contribution in [1.29, 1.82) is 0 Å². The number of rotatable bonds is 5. The van der Waals surface area contributed by atoms with Gasteiger partial charge in [0.1, 0.15) is 13.2 Å². The number of likely N-dealkylation sites (tertiary alicyclic amines) is 1. The summed E-state index contributed by atoms with van der Waals surface area (Å²) in [6, 6.07) is 8.55. The Bertz CT molecular complexity index is 827. The number of methoxy groups -OCH3 is 1. The monoisotopic (exact) mass is 383 g/mol. The molecule has 6 heteroatoms. The molecule has 1 fully saturated rings. The summed E-state index contributed by atoms with van der Waals surface area (Å²) in [5.41, 5.74) is 3.36. The summed E-state index contributed by atoms with van der Waals surface area (Å²) in [6.45, 7) is 7.59. The molecule has 150 valence electrons. The molecular formula is C22H29N3O3. The minimum atomic E-state index is 0.257. The Morgan fingerprint density at radius 1 is 1.21 bits per heavy atom. The second-order valence-corrected chi connectivity index (χ2v) is 7.78. The van der Waals surface area contributed by atoms with Crippen molar-refractivity contribution >= 4 is 0 Å². The van der Waals surface area contributed by atoms with Gasteiger partial charge in [-0.2, -0.15) is 0 Å². The van der Waals surface area contributed by atoms with Crippen molar-refractivity contribution in [1.82, 2.24) is 14.9 Å². The highest BCUT2D eigenvalue weighted by Gasteiger charge is 2.26. The minimum Gasteiger partial charge on any atom is -0.484 e. The third kappa shape index (κ3) is 4.22. The lowest BCUT2D eigenvalue weighted by Gasteiger charge is -2.37. The molecule has 0 bridgehead atoms. The molecule has 0 spiro atoms. The fraction of sp³-hybridized carbons (Fsp3) is 0.545. The average molecular weight is 383 g/mol. The zero-order valence-corrected chi connectivity index (χ0v) is 17.0. The summed E-state index contributed by atoms with van der Waals surface area (Å²) in [4.78, 5) is 11.7. The molecule has 28 heavy (non-hydrogen) atoms. The van der Waals surface area contributed by atoms with Gasteiger partial charge in [0.15, 0.2) is 5.75 Å². The maximum Gasteiger partial charge on any atom is 0.257 e. The fourth-order valence-corrected chi connectivity index (χ4v) is 4.24. The van der Waals surface area contributed by atoms with Gasteiger partial charge >= 0.3 is 0 Å². The minimum absolute atomic E-state index is 0.257. The number of hydrogen-bond acceptors (Lipinski definition) is 6. The van der Waals surface area contributed by atoms with Crippen LogP contribution in [0, 0.1) is 12.8 Å². The number of ether oxygens (including phenoxy) is 3. The molecule has 4 rings (SSSR count). The van der Waals surface area contributed by atoms with E-state index in [-0.39, 0.29) is 6.04 Å². The third-order valence-electron chi connectivity index (χ3n) is 5.68. The molecule has 0 radical (unpaired) electrons. The third-order valence-corrected chi connectivity index (χ3v) is 5.68. The predicted octanol–water partition coefficient (Wildman–Crippen LogP) is 3.58. The van der Waals surface area contributed by atoms with E-state index in [0.29, 0.717) is 30.9 Å². The van der Waals surface area contributed by atoms with E-state index in [0.717, 1.165) is 36.6 Å². The van der Waals surface area contributed by atoms with Gasteiger partial charge in [-0.05, 0) is 69.3 Å². The smallest absolute Gasteiger partial charge is 0.257 e. The van der Waals surface area contributed by atoms with Crippen LogP contribution in [0.4, 0.5) is 0 Å². The van der Waals surface area contributed by atoms with Crippen molar-refractivity contribution in [3.63, 3.8) is 0 Å². The lowest BCUT2D eigenvalue weighted by Crippen LogP contribution is -2.38. The largest absolute Gasteiger partial charge is 0.484 e. The number of fused-ring (bicyclic) bond motifs is 1. The highest BCUT2D eigenvalue weighted by molar-refractivity contribution is 5.36. The van der Waals surface area contributed by atoms with Crippen LogP contribution in [-0.4, -0.2) is 48.3 Å². The summed E-state index contributed by atoms with van der Waals surface area (Å²) in [5.74, 6) is 2.71. The van der Waals surface area contributed by atoms with Crippen LogP contribution in [0.15, 0.2) is 24.3 Å². The summed E-state index contributed by atoms with van der Waals surface area (Å²) in [7, 11) is 1.68. The predicted molar refractivity (Wildman–Crippen MR) is 107 cm³/mol. The number of aryl methyl sites for hydroxylation is 1. The van der Waals surface area contributed by atoms with Crippen LogP contribution in [0.1, 0.15) is 42.8 Å². The topological polar surface area (TPSA) is 56.7 Å². The van der Waals surface area contributed by atoms with Crippen molar-refractivity contribution in [2.45, 2.75) is 39.2 Å². The summed E-state index contributed by atoms with van der Waals surface area (Å²) in [6.07, 6.45) is 3.51. The molecular weight excluding hydrogens is 354 g/mol. The second-order valence-electron chi connectivity index (χ2n) is 7.78. The van der Waals surface area contributed by atoms with Gasteiger partial charge < -0.3 is 14.2 Å². The highest BCUT2D eigenvalue weighted by Crippen LogP contribution is 2.33. The van der Waals surface area contributed by atoms with Crippen molar-refractivity contribution in [3.8, 4) is 17.5 Å². The lowest BCUT2D eigenvalue weighted by molar-refractivity contribution is 0.126. The first-order valence-corrected chi connectivity index (χ1v) is 10.1. The average Bonchev–Trinajstić information content (AvgIpc) is 2.72. The maximum atomic E-state index is 5.66. The van der Waals surface area contributed by atoms with Gasteiger partial charge in [-0.15, -0.1) is 0 Å². The van der Waals surface area contributed by atoms with Crippen LogP contribution in [-0.2, 0) is 6.42 Å². The lowest BCUT2D eigenvalue weighted by atomic mass is 9.90. The van der Waals surface area contributed by atoms with Crippen molar-refractivity contribution in [3.05, 3.63) is 41.2 Å². The molecule has 2 aliphatic heterocycles. The van der Waals surface area contributed by atoms with Gasteiger partial charge in [0.2, 0.25) is 5.88 Å². The van der Waals surface area contributed by atoms with Crippen molar-refractivity contribution < 1.29 is 14.2 Å². The van der Waals surface area contributed by atoms with Gasteiger partial charge in [-0.1, -0.05) is 0 Å². The van der Waals surface area contributed by atoms with Gasteiger partial charge in [-0.3, -0.25) is 4.90 Å². The van der Waals surface area contributed by atoms with E-state index in [1.807, 2.05) is 13.0 Å². The van der Waals surface area contributed by atoms with Gasteiger partial charge in [0.25, 0.3) is 5.88 Å². The number of piperidine rings is 1. The summed E-state index contributed by atoms with van der Waals surface area (Å²) in [5, 5.41) is 0. The Morgan fingerprint density at radius 3 is 2.93 bits per heavy atom. The van der Waals surface area contributed by atoms with Crippen molar-refractivity contribution in [2.75, 3.05) is 33.4 Å². The van der Waals surface area contributed by atoms with E-state index < -0.39 is 0 Å². The molecule has 0 aromatic carbocycles. The number of aromatic nitrogens is 2. The molecule has 2 atom stereocenters. The Labute approximate surface area is 166 Å². The molecule has 0 saturated carbocycles. The van der Waals surface area contributed by atoms with Crippen LogP contribution in [0.25, 0.3) is 0 Å². The molecule has 0 N–H and O–H groups in total. The Balaban J connectivity index is 1.44. The maximum absolute atomic E-state index is 5.66. The van der Waals surface area contributed by atoms with Gasteiger partial charge in [-0.25, -0.2) is 9.97 Å². The number of pyridine rings is 2. The van der Waals surface area contributed by atoms with Gasteiger partial charge in [0, 0.05) is 24.3 Å². The van der Waals surface area contributed by atoms with Crippen molar-refractivity contribution in [2.24, 2.45) is 5.92 Å². The molecule has 0 unspecified atom stereocenters. The standard InChI is InChI=1S/C22H29N3O3/c1-15-11-18(13-21(23-15)26-3)12-17-5-4-8-25(14-17)16(2)19-6-7-20-22(24-19)28-10-9-27-20/h6-7,11,13,16-17H,4-5,8-10,12,14H2,1-3H3/t16-,17-/m1/s1. The normalized spacial score (nSPS) is 20.6. The Morgan fingerprint density at radius 2 is 2.07 bits per heavy atom. The number of nitrogens with zero attached hydrogens (tertiary/aromatic N) is 3. The second kappa shape index (κ2) is 8.35. The van der Waals surface area contributed by atoms with E-state index in [2.05, 4.69) is 35.0 Å². The SMILES string of the molecule is COc1cc(C[C@H]2CCCN([C@H](C)c3ccc4c(n3)OCCO4)C2)cc(C)n1.